The zero-order valence-corrected chi connectivity index (χ0v) is 12.3. The van der Waals surface area contributed by atoms with Crippen molar-refractivity contribution in [3.05, 3.63) is 47.3 Å². The number of rotatable bonds is 5. The van der Waals surface area contributed by atoms with Gasteiger partial charge in [0.2, 0.25) is 10.0 Å². The molecule has 0 saturated carbocycles. The van der Waals surface area contributed by atoms with Gasteiger partial charge >= 0.3 is 0 Å². The second-order valence-electron chi connectivity index (χ2n) is 4.15. The predicted octanol–water partition coefficient (Wildman–Crippen LogP) is 1.10. The summed E-state index contributed by atoms with van der Waals surface area (Å²) in [6.07, 6.45) is 0. The molecule has 0 radical (unpaired) electrons. The van der Waals surface area contributed by atoms with Crippen LogP contribution in [-0.2, 0) is 16.6 Å². The summed E-state index contributed by atoms with van der Waals surface area (Å²) in [7, 11) is -3.66. The topological polar surface area (TPSA) is 98.2 Å². The maximum absolute atomic E-state index is 12.1. The van der Waals surface area contributed by atoms with Crippen molar-refractivity contribution in [2.24, 2.45) is 5.73 Å². The van der Waals surface area contributed by atoms with Crippen molar-refractivity contribution in [2.45, 2.75) is 18.4 Å². The van der Waals surface area contributed by atoms with E-state index in [0.29, 0.717) is 17.0 Å². The number of nitrogens with one attached hydrogen (secondary N) is 1. The second kappa shape index (κ2) is 5.70. The van der Waals surface area contributed by atoms with Crippen molar-refractivity contribution in [3.63, 3.8) is 0 Å². The highest BCUT2D eigenvalue weighted by molar-refractivity contribution is 7.89. The summed E-state index contributed by atoms with van der Waals surface area (Å²) < 4.78 is 31.6. The Bertz CT molecular complexity index is 738. The molecule has 0 saturated heterocycles. The quantitative estimate of drug-likeness (QED) is 0.802. The van der Waals surface area contributed by atoms with Gasteiger partial charge in [0.25, 0.3) is 0 Å². The highest BCUT2D eigenvalue weighted by atomic mass is 32.2. The number of thiocarbonyl (C=S) groups is 1. The van der Waals surface area contributed by atoms with Gasteiger partial charge < -0.3 is 10.3 Å². The van der Waals surface area contributed by atoms with E-state index in [0.717, 1.165) is 0 Å². The van der Waals surface area contributed by atoms with E-state index in [1.165, 1.54) is 12.1 Å². The van der Waals surface area contributed by atoms with E-state index >= 15 is 0 Å². The zero-order chi connectivity index (χ0) is 14.8. The van der Waals surface area contributed by atoms with Crippen molar-refractivity contribution >= 4 is 27.2 Å². The number of sulfonamides is 1. The van der Waals surface area contributed by atoms with Crippen LogP contribution in [0.2, 0.25) is 0 Å². The Balaban J connectivity index is 2.17. The van der Waals surface area contributed by atoms with E-state index in [9.17, 15) is 8.42 Å². The Kier molecular flexibility index (Phi) is 4.17. The third-order valence-electron chi connectivity index (χ3n) is 2.54. The van der Waals surface area contributed by atoms with Gasteiger partial charge in [0.15, 0.2) is 5.76 Å². The molecule has 20 heavy (non-hydrogen) atoms. The molecule has 0 aliphatic rings. The Morgan fingerprint density at radius 2 is 2.20 bits per heavy atom. The average molecular weight is 311 g/mol. The van der Waals surface area contributed by atoms with Crippen molar-refractivity contribution in [1.29, 1.82) is 0 Å². The number of benzene rings is 1. The lowest BCUT2D eigenvalue weighted by Crippen LogP contribution is -2.23. The zero-order valence-electron chi connectivity index (χ0n) is 10.7. The number of hydrogen-bond acceptors (Lipinski definition) is 5. The third kappa shape index (κ3) is 3.41. The number of nitrogens with two attached hydrogens (primary N) is 1. The van der Waals surface area contributed by atoms with Crippen LogP contribution >= 0.6 is 12.2 Å². The van der Waals surface area contributed by atoms with Crippen LogP contribution in [-0.4, -0.2) is 18.6 Å². The molecule has 6 nitrogen and oxygen atoms in total. The van der Waals surface area contributed by atoms with Crippen molar-refractivity contribution in [2.75, 3.05) is 0 Å². The maximum Gasteiger partial charge on any atom is 0.241 e. The Hall–Kier alpha value is -1.77. The summed E-state index contributed by atoms with van der Waals surface area (Å²) in [5.41, 5.74) is 6.67. The first-order chi connectivity index (χ1) is 9.38. The molecule has 3 N–H and O–H groups in total. The minimum absolute atomic E-state index is 0.0282. The second-order valence-corrected chi connectivity index (χ2v) is 6.36. The van der Waals surface area contributed by atoms with Crippen LogP contribution < -0.4 is 10.5 Å². The highest BCUT2D eigenvalue weighted by Crippen LogP contribution is 2.12. The van der Waals surface area contributed by atoms with Crippen LogP contribution in [0.25, 0.3) is 0 Å². The van der Waals surface area contributed by atoms with Crippen LogP contribution in [0.1, 0.15) is 17.0 Å². The van der Waals surface area contributed by atoms with Gasteiger partial charge in [0.05, 0.1) is 17.1 Å². The summed E-state index contributed by atoms with van der Waals surface area (Å²) in [5, 5.41) is 3.68. The molecule has 0 unspecified atom stereocenters. The van der Waals surface area contributed by atoms with Crippen molar-refractivity contribution < 1.29 is 12.9 Å². The molecule has 0 atom stereocenters. The van der Waals surface area contributed by atoms with Gasteiger partial charge in [-0.3, -0.25) is 0 Å². The Labute approximate surface area is 122 Å². The molecule has 2 aromatic rings. The van der Waals surface area contributed by atoms with Crippen LogP contribution in [0.15, 0.2) is 39.8 Å². The normalized spacial score (nSPS) is 11.4. The molecule has 2 rings (SSSR count). The Morgan fingerprint density at radius 3 is 2.80 bits per heavy atom. The van der Waals surface area contributed by atoms with Crippen LogP contribution in [0.3, 0.4) is 0 Å². The van der Waals surface area contributed by atoms with E-state index in [-0.39, 0.29) is 16.4 Å². The fraction of sp³-hybridized carbons (Fsp3) is 0.167. The lowest BCUT2D eigenvalue weighted by atomic mass is 10.2. The SMILES string of the molecule is Cc1cc(CNS(=O)(=O)c2cccc(C(N)=S)c2)on1. The first-order valence-corrected chi connectivity index (χ1v) is 7.59. The molecular formula is C12H13N3O3S2. The van der Waals surface area contributed by atoms with E-state index in [1.54, 1.807) is 25.1 Å². The first-order valence-electron chi connectivity index (χ1n) is 5.70. The number of hydrogen-bond donors (Lipinski definition) is 2. The largest absolute Gasteiger partial charge is 0.389 e. The summed E-state index contributed by atoms with van der Waals surface area (Å²) in [4.78, 5) is 0.243. The summed E-state index contributed by atoms with van der Waals surface area (Å²) in [6, 6.07) is 7.79. The van der Waals surface area contributed by atoms with Gasteiger partial charge in [-0.05, 0) is 19.1 Å². The van der Waals surface area contributed by atoms with E-state index in [4.69, 9.17) is 22.5 Å². The molecule has 8 heteroatoms. The van der Waals surface area contributed by atoms with Crippen molar-refractivity contribution in [1.82, 2.24) is 9.88 Å². The standard InChI is InChI=1S/C12H13N3O3S2/c1-8-5-10(18-15-8)7-14-20(16,17)11-4-2-3-9(6-11)12(13)19/h2-6,14H,7H2,1H3,(H2,13,19). The van der Waals surface area contributed by atoms with Crippen LogP contribution in [0, 0.1) is 6.92 Å². The number of aryl methyl sites for hydroxylation is 1. The Morgan fingerprint density at radius 1 is 1.45 bits per heavy atom. The smallest absolute Gasteiger partial charge is 0.241 e. The number of aromatic nitrogens is 1. The lowest BCUT2D eigenvalue weighted by molar-refractivity contribution is 0.377. The summed E-state index contributed by atoms with van der Waals surface area (Å²) >= 11 is 4.83. The van der Waals surface area contributed by atoms with Gasteiger partial charge in [0.1, 0.15) is 4.99 Å². The number of nitrogens with zero attached hydrogens (tertiary/aromatic N) is 1. The van der Waals surface area contributed by atoms with Gasteiger partial charge in [-0.2, -0.15) is 0 Å². The maximum atomic E-state index is 12.1. The van der Waals surface area contributed by atoms with E-state index in [2.05, 4.69) is 9.88 Å². The lowest BCUT2D eigenvalue weighted by Gasteiger charge is -2.06. The molecule has 1 heterocycles. The monoisotopic (exact) mass is 311 g/mol. The van der Waals surface area contributed by atoms with Gasteiger partial charge in [-0.25, -0.2) is 13.1 Å². The molecule has 106 valence electrons. The first kappa shape index (κ1) is 14.6. The summed E-state index contributed by atoms with van der Waals surface area (Å²) in [6.45, 7) is 1.79. The molecule has 0 aliphatic carbocycles. The molecule has 0 spiro atoms. The van der Waals surface area contributed by atoms with Gasteiger partial charge in [0, 0.05) is 11.6 Å². The predicted molar refractivity (Wildman–Crippen MR) is 77.6 cm³/mol. The molecule has 0 amide bonds. The van der Waals surface area contributed by atoms with E-state index < -0.39 is 10.0 Å². The van der Waals surface area contributed by atoms with E-state index in [1.807, 2.05) is 0 Å². The fourth-order valence-electron chi connectivity index (χ4n) is 1.57. The minimum atomic E-state index is -3.66. The molecule has 1 aromatic carbocycles. The molecule has 0 fully saturated rings. The summed E-state index contributed by atoms with van der Waals surface area (Å²) in [5.74, 6) is 0.441. The van der Waals surface area contributed by atoms with Crippen LogP contribution in [0.5, 0.6) is 0 Å². The molecule has 0 bridgehead atoms. The molecule has 0 aliphatic heterocycles. The fourth-order valence-corrected chi connectivity index (χ4v) is 2.73. The van der Waals surface area contributed by atoms with Gasteiger partial charge in [-0.1, -0.05) is 29.5 Å². The minimum Gasteiger partial charge on any atom is -0.389 e. The molecule has 1 aromatic heterocycles. The molecular weight excluding hydrogens is 298 g/mol. The van der Waals surface area contributed by atoms with Crippen LogP contribution in [0.4, 0.5) is 0 Å². The highest BCUT2D eigenvalue weighted by Gasteiger charge is 2.15. The van der Waals surface area contributed by atoms with Gasteiger partial charge in [-0.15, -0.1) is 0 Å². The van der Waals surface area contributed by atoms with Crippen molar-refractivity contribution in [3.8, 4) is 0 Å². The third-order valence-corrected chi connectivity index (χ3v) is 4.18. The average Bonchev–Trinajstić information content (AvgIpc) is 2.82.